The molecule has 0 bridgehead atoms. The first-order valence-corrected chi connectivity index (χ1v) is 7.84. The van der Waals surface area contributed by atoms with Crippen molar-refractivity contribution in [2.45, 2.75) is 26.7 Å². The first kappa shape index (κ1) is 17.0. The van der Waals surface area contributed by atoms with Crippen LogP contribution in [0.3, 0.4) is 0 Å². The third kappa shape index (κ3) is 4.55. The Hall–Kier alpha value is -2.37. The van der Waals surface area contributed by atoms with Crippen molar-refractivity contribution in [2.75, 3.05) is 18.4 Å². The van der Waals surface area contributed by atoms with Gasteiger partial charge in [0.2, 0.25) is 5.91 Å². The molecule has 0 heterocycles. The molecule has 23 heavy (non-hydrogen) atoms. The van der Waals surface area contributed by atoms with Gasteiger partial charge in [-0.2, -0.15) is 0 Å². The van der Waals surface area contributed by atoms with Crippen LogP contribution in [0.1, 0.15) is 37.0 Å². The molecule has 1 saturated carbocycles. The van der Waals surface area contributed by atoms with Crippen LogP contribution in [0.5, 0.6) is 0 Å². The van der Waals surface area contributed by atoms with E-state index in [0.717, 1.165) is 6.42 Å². The van der Waals surface area contributed by atoms with Gasteiger partial charge in [0.05, 0.1) is 0 Å². The molecule has 6 heteroatoms. The summed E-state index contributed by atoms with van der Waals surface area (Å²) in [6.07, 6.45) is 1.61. The maximum Gasteiger partial charge on any atom is 0.323 e. The van der Waals surface area contributed by atoms with Gasteiger partial charge in [-0.3, -0.25) is 14.4 Å². The molecular weight excluding hydrogens is 296 g/mol. The molecule has 1 aliphatic rings. The van der Waals surface area contributed by atoms with Crippen molar-refractivity contribution in [3.63, 3.8) is 0 Å². The molecule has 1 aromatic rings. The van der Waals surface area contributed by atoms with Crippen LogP contribution in [0.4, 0.5) is 5.69 Å². The number of amides is 2. The second kappa shape index (κ2) is 7.26. The number of rotatable bonds is 7. The Bertz CT molecular complexity index is 597. The maximum absolute atomic E-state index is 12.3. The van der Waals surface area contributed by atoms with Gasteiger partial charge in [-0.15, -0.1) is 0 Å². The summed E-state index contributed by atoms with van der Waals surface area (Å²) in [4.78, 5) is 36.4. The van der Waals surface area contributed by atoms with Gasteiger partial charge in [0, 0.05) is 23.7 Å². The molecule has 0 aliphatic heterocycles. The van der Waals surface area contributed by atoms with Crippen LogP contribution in [0.15, 0.2) is 24.3 Å². The summed E-state index contributed by atoms with van der Waals surface area (Å²) >= 11 is 0. The molecule has 2 N–H and O–H groups in total. The van der Waals surface area contributed by atoms with E-state index in [1.165, 1.54) is 4.90 Å². The van der Waals surface area contributed by atoms with E-state index in [4.69, 9.17) is 5.11 Å². The molecule has 0 aromatic heterocycles. The van der Waals surface area contributed by atoms with Crippen LogP contribution in [-0.4, -0.2) is 40.9 Å². The third-order valence-corrected chi connectivity index (χ3v) is 3.95. The Morgan fingerprint density at radius 3 is 2.35 bits per heavy atom. The van der Waals surface area contributed by atoms with Gasteiger partial charge < -0.3 is 15.3 Å². The minimum atomic E-state index is -1.03. The van der Waals surface area contributed by atoms with Gasteiger partial charge in [-0.25, -0.2) is 0 Å². The first-order chi connectivity index (χ1) is 10.9. The van der Waals surface area contributed by atoms with Crippen LogP contribution in [-0.2, 0) is 9.59 Å². The smallest absolute Gasteiger partial charge is 0.323 e. The molecule has 2 atom stereocenters. The number of nitrogens with one attached hydrogen (secondary N) is 1. The monoisotopic (exact) mass is 318 g/mol. The average molecular weight is 318 g/mol. The second-order valence-electron chi connectivity index (χ2n) is 6.01. The van der Waals surface area contributed by atoms with Crippen molar-refractivity contribution >= 4 is 23.5 Å². The Kier molecular flexibility index (Phi) is 5.36. The first-order valence-electron chi connectivity index (χ1n) is 7.84. The second-order valence-corrected chi connectivity index (χ2v) is 6.01. The number of hydrogen-bond donors (Lipinski definition) is 2. The largest absolute Gasteiger partial charge is 0.480 e. The van der Waals surface area contributed by atoms with E-state index in [-0.39, 0.29) is 24.3 Å². The molecule has 1 fully saturated rings. The van der Waals surface area contributed by atoms with Gasteiger partial charge >= 0.3 is 5.97 Å². The van der Waals surface area contributed by atoms with Crippen molar-refractivity contribution in [3.8, 4) is 0 Å². The highest BCUT2D eigenvalue weighted by atomic mass is 16.4. The standard InChI is InChI=1S/C17H22N2O4/c1-3-8-19(10-15(20)21)17(23)12-4-6-13(7-5-12)18-16(22)14-9-11(14)2/h4-7,11,14H,3,8-10H2,1-2H3,(H,18,22)(H,20,21)/t11-,14+/m1/s1. The van der Waals surface area contributed by atoms with Gasteiger partial charge in [0.25, 0.3) is 5.91 Å². The minimum Gasteiger partial charge on any atom is -0.480 e. The van der Waals surface area contributed by atoms with E-state index in [9.17, 15) is 14.4 Å². The quantitative estimate of drug-likeness (QED) is 0.807. The van der Waals surface area contributed by atoms with Crippen molar-refractivity contribution in [1.82, 2.24) is 4.90 Å². The van der Waals surface area contributed by atoms with E-state index in [0.29, 0.717) is 30.1 Å². The van der Waals surface area contributed by atoms with E-state index in [1.54, 1.807) is 24.3 Å². The van der Waals surface area contributed by atoms with E-state index < -0.39 is 5.97 Å². The molecule has 1 aliphatic carbocycles. The maximum atomic E-state index is 12.3. The van der Waals surface area contributed by atoms with E-state index >= 15 is 0 Å². The van der Waals surface area contributed by atoms with Gasteiger partial charge in [-0.1, -0.05) is 13.8 Å². The summed E-state index contributed by atoms with van der Waals surface area (Å²) in [7, 11) is 0. The van der Waals surface area contributed by atoms with Crippen LogP contribution in [0.25, 0.3) is 0 Å². The molecule has 0 saturated heterocycles. The molecule has 2 amide bonds. The lowest BCUT2D eigenvalue weighted by Gasteiger charge is -2.20. The zero-order valence-electron chi connectivity index (χ0n) is 13.4. The Labute approximate surface area is 135 Å². The molecule has 1 aromatic carbocycles. The third-order valence-electron chi connectivity index (χ3n) is 3.95. The minimum absolute atomic E-state index is 0.00932. The van der Waals surface area contributed by atoms with E-state index in [1.807, 2.05) is 13.8 Å². The predicted octanol–water partition coefficient (Wildman–Crippen LogP) is 2.22. The van der Waals surface area contributed by atoms with Crippen molar-refractivity contribution in [1.29, 1.82) is 0 Å². The summed E-state index contributed by atoms with van der Waals surface area (Å²) in [5.41, 5.74) is 1.06. The van der Waals surface area contributed by atoms with Gasteiger partial charge in [0.15, 0.2) is 0 Å². The highest BCUT2D eigenvalue weighted by molar-refractivity contribution is 5.97. The normalized spacial score (nSPS) is 19.0. The summed E-state index contributed by atoms with van der Waals surface area (Å²) in [5, 5.41) is 11.7. The lowest BCUT2D eigenvalue weighted by molar-refractivity contribution is -0.137. The highest BCUT2D eigenvalue weighted by Crippen LogP contribution is 2.38. The topological polar surface area (TPSA) is 86.7 Å². The zero-order chi connectivity index (χ0) is 17.0. The Morgan fingerprint density at radius 1 is 1.26 bits per heavy atom. The van der Waals surface area contributed by atoms with E-state index in [2.05, 4.69) is 5.32 Å². The molecule has 2 rings (SSSR count). The Morgan fingerprint density at radius 2 is 1.87 bits per heavy atom. The van der Waals surface area contributed by atoms with Crippen molar-refractivity contribution in [2.24, 2.45) is 11.8 Å². The van der Waals surface area contributed by atoms with Crippen LogP contribution in [0.2, 0.25) is 0 Å². The number of anilines is 1. The summed E-state index contributed by atoms with van der Waals surface area (Å²) in [5.74, 6) is -0.811. The lowest BCUT2D eigenvalue weighted by Crippen LogP contribution is -2.36. The fourth-order valence-corrected chi connectivity index (χ4v) is 2.49. The molecule has 0 radical (unpaired) electrons. The molecule has 6 nitrogen and oxygen atoms in total. The molecule has 0 unspecified atom stereocenters. The number of benzene rings is 1. The average Bonchev–Trinajstić information content (AvgIpc) is 3.23. The summed E-state index contributed by atoms with van der Waals surface area (Å²) < 4.78 is 0. The zero-order valence-corrected chi connectivity index (χ0v) is 13.4. The van der Waals surface area contributed by atoms with Crippen molar-refractivity contribution in [3.05, 3.63) is 29.8 Å². The van der Waals surface area contributed by atoms with Crippen LogP contribution < -0.4 is 5.32 Å². The molecule has 124 valence electrons. The number of nitrogens with zero attached hydrogens (tertiary/aromatic N) is 1. The highest BCUT2D eigenvalue weighted by Gasteiger charge is 2.39. The number of carboxylic acid groups (broad SMARTS) is 1. The van der Waals surface area contributed by atoms with Crippen molar-refractivity contribution < 1.29 is 19.5 Å². The number of carboxylic acids is 1. The number of aliphatic carboxylic acids is 1. The SMILES string of the molecule is CCCN(CC(=O)O)C(=O)c1ccc(NC(=O)[C@H]2C[C@H]2C)cc1. The fourth-order valence-electron chi connectivity index (χ4n) is 2.49. The lowest BCUT2D eigenvalue weighted by atomic mass is 10.1. The number of hydrogen-bond acceptors (Lipinski definition) is 3. The van der Waals surface area contributed by atoms with Crippen LogP contribution in [0, 0.1) is 11.8 Å². The van der Waals surface area contributed by atoms with Gasteiger partial charge in [0.1, 0.15) is 6.54 Å². The summed E-state index contributed by atoms with van der Waals surface area (Å²) in [6, 6.07) is 6.56. The van der Waals surface area contributed by atoms with Crippen LogP contribution >= 0.6 is 0 Å². The summed E-state index contributed by atoms with van der Waals surface area (Å²) in [6.45, 7) is 4.00. The number of carbonyl (C=O) groups excluding carboxylic acids is 2. The molecule has 0 spiro atoms. The predicted molar refractivity (Wildman–Crippen MR) is 86.2 cm³/mol. The fraction of sp³-hybridized carbons (Fsp3) is 0.471. The Balaban J connectivity index is 2.00. The number of carbonyl (C=O) groups is 3. The molecular formula is C17H22N2O4. The van der Waals surface area contributed by atoms with Gasteiger partial charge in [-0.05, 0) is 43.0 Å².